The average molecular weight is 269 g/mol. The number of hydrogen-bond donors (Lipinski definition) is 2. The van der Waals surface area contributed by atoms with E-state index in [9.17, 15) is 27.1 Å². The number of alkyl halides is 5. The lowest BCUT2D eigenvalue weighted by atomic mass is 9.92. The Morgan fingerprint density at radius 3 is 1.78 bits per heavy atom. The standard InChI is InChI=1S/C11H12F5NO/c1-5-3-7(18)4-6(2)8(5)9(17)10(12,13)11(14,15)16/h3-4,9,18H,17H2,1-2H3/t9-/m0/s1. The second-order valence-electron chi connectivity index (χ2n) is 4.09. The van der Waals surface area contributed by atoms with E-state index in [-0.39, 0.29) is 22.4 Å². The van der Waals surface area contributed by atoms with Gasteiger partial charge >= 0.3 is 12.1 Å². The molecule has 0 aromatic heterocycles. The molecular formula is C11H12F5NO. The predicted molar refractivity (Wildman–Crippen MR) is 55.5 cm³/mol. The van der Waals surface area contributed by atoms with E-state index in [1.54, 1.807) is 0 Å². The Morgan fingerprint density at radius 2 is 1.44 bits per heavy atom. The van der Waals surface area contributed by atoms with Crippen LogP contribution in [0, 0.1) is 13.8 Å². The summed E-state index contributed by atoms with van der Waals surface area (Å²) in [7, 11) is 0. The summed E-state index contributed by atoms with van der Waals surface area (Å²) in [6.07, 6.45) is -5.72. The summed E-state index contributed by atoms with van der Waals surface area (Å²) in [5.41, 5.74) is 4.92. The van der Waals surface area contributed by atoms with E-state index in [2.05, 4.69) is 0 Å². The molecule has 0 saturated heterocycles. The Bertz CT molecular complexity index is 432. The maximum atomic E-state index is 13.2. The van der Waals surface area contributed by atoms with Gasteiger partial charge in [-0.3, -0.25) is 0 Å². The second-order valence-corrected chi connectivity index (χ2v) is 4.09. The summed E-state index contributed by atoms with van der Waals surface area (Å²) in [5.74, 6) is -5.24. The molecule has 18 heavy (non-hydrogen) atoms. The lowest BCUT2D eigenvalue weighted by molar-refractivity contribution is -0.291. The van der Waals surface area contributed by atoms with Crippen LogP contribution in [-0.2, 0) is 0 Å². The van der Waals surface area contributed by atoms with Crippen LogP contribution in [0.2, 0.25) is 0 Å². The molecular weight excluding hydrogens is 257 g/mol. The fourth-order valence-electron chi connectivity index (χ4n) is 1.80. The summed E-state index contributed by atoms with van der Waals surface area (Å²) in [5, 5.41) is 9.21. The van der Waals surface area contributed by atoms with Crippen LogP contribution in [0.25, 0.3) is 0 Å². The second kappa shape index (κ2) is 4.38. The molecule has 1 atom stereocenters. The molecule has 2 nitrogen and oxygen atoms in total. The van der Waals surface area contributed by atoms with Crippen molar-refractivity contribution in [1.82, 2.24) is 0 Å². The van der Waals surface area contributed by atoms with E-state index in [1.807, 2.05) is 0 Å². The number of phenolic OH excluding ortho intramolecular Hbond substituents is 1. The van der Waals surface area contributed by atoms with Crippen molar-refractivity contribution in [3.63, 3.8) is 0 Å². The molecule has 0 aliphatic carbocycles. The quantitative estimate of drug-likeness (QED) is 0.810. The summed E-state index contributed by atoms with van der Waals surface area (Å²) in [6.45, 7) is 2.63. The van der Waals surface area contributed by atoms with Crippen LogP contribution in [-0.4, -0.2) is 17.2 Å². The normalized spacial score (nSPS) is 14.7. The maximum absolute atomic E-state index is 13.2. The molecule has 0 radical (unpaired) electrons. The lowest BCUT2D eigenvalue weighted by Gasteiger charge is -2.28. The van der Waals surface area contributed by atoms with Gasteiger partial charge in [0, 0.05) is 0 Å². The molecule has 102 valence electrons. The zero-order valence-corrected chi connectivity index (χ0v) is 9.65. The van der Waals surface area contributed by atoms with E-state index < -0.39 is 18.1 Å². The highest BCUT2D eigenvalue weighted by molar-refractivity contribution is 5.43. The molecule has 0 spiro atoms. The molecule has 0 saturated carbocycles. The minimum atomic E-state index is -5.72. The Kier molecular flexibility index (Phi) is 3.58. The van der Waals surface area contributed by atoms with Crippen LogP contribution in [0.15, 0.2) is 12.1 Å². The molecule has 0 fully saturated rings. The smallest absolute Gasteiger partial charge is 0.455 e. The zero-order chi connectivity index (χ0) is 14.3. The molecule has 0 amide bonds. The molecule has 1 rings (SSSR count). The first-order valence-corrected chi connectivity index (χ1v) is 4.98. The summed E-state index contributed by atoms with van der Waals surface area (Å²) >= 11 is 0. The van der Waals surface area contributed by atoms with Gasteiger partial charge in [-0.1, -0.05) is 0 Å². The average Bonchev–Trinajstić information content (AvgIpc) is 2.13. The molecule has 0 bridgehead atoms. The number of hydrogen-bond acceptors (Lipinski definition) is 2. The van der Waals surface area contributed by atoms with E-state index >= 15 is 0 Å². The van der Waals surface area contributed by atoms with Crippen LogP contribution in [0.5, 0.6) is 5.75 Å². The Hall–Kier alpha value is -1.37. The van der Waals surface area contributed by atoms with Crippen LogP contribution in [0.3, 0.4) is 0 Å². The van der Waals surface area contributed by atoms with Gasteiger partial charge in [-0.25, -0.2) is 0 Å². The number of nitrogens with two attached hydrogens (primary N) is 1. The van der Waals surface area contributed by atoms with Crippen LogP contribution >= 0.6 is 0 Å². The third-order valence-electron chi connectivity index (χ3n) is 2.66. The highest BCUT2D eigenvalue weighted by atomic mass is 19.4. The molecule has 0 aliphatic rings. The van der Waals surface area contributed by atoms with Gasteiger partial charge in [0.1, 0.15) is 11.8 Å². The first-order valence-electron chi connectivity index (χ1n) is 4.98. The Balaban J connectivity index is 3.32. The van der Waals surface area contributed by atoms with E-state index in [4.69, 9.17) is 5.73 Å². The minimum absolute atomic E-state index is 0.0870. The van der Waals surface area contributed by atoms with E-state index in [0.29, 0.717) is 0 Å². The SMILES string of the molecule is Cc1cc(O)cc(C)c1[C@H](N)C(F)(F)C(F)(F)F. The van der Waals surface area contributed by atoms with Crippen LogP contribution in [0.1, 0.15) is 22.7 Å². The molecule has 1 aromatic carbocycles. The summed E-state index contributed by atoms with van der Waals surface area (Å²) in [4.78, 5) is 0. The molecule has 3 N–H and O–H groups in total. The maximum Gasteiger partial charge on any atom is 0.455 e. The highest BCUT2D eigenvalue weighted by Gasteiger charge is 2.62. The van der Waals surface area contributed by atoms with Gasteiger partial charge in [0.05, 0.1) is 0 Å². The van der Waals surface area contributed by atoms with Crippen LogP contribution in [0.4, 0.5) is 22.0 Å². The molecule has 0 unspecified atom stereocenters. The van der Waals surface area contributed by atoms with Gasteiger partial charge in [0.15, 0.2) is 0 Å². The van der Waals surface area contributed by atoms with Crippen molar-refractivity contribution in [2.75, 3.05) is 0 Å². The highest BCUT2D eigenvalue weighted by Crippen LogP contribution is 2.44. The summed E-state index contributed by atoms with van der Waals surface area (Å²) < 4.78 is 63.0. The number of rotatable bonds is 2. The lowest BCUT2D eigenvalue weighted by Crippen LogP contribution is -2.46. The molecule has 0 heterocycles. The van der Waals surface area contributed by atoms with Crippen molar-refractivity contribution >= 4 is 0 Å². The number of aryl methyl sites for hydroxylation is 2. The zero-order valence-electron chi connectivity index (χ0n) is 9.65. The van der Waals surface area contributed by atoms with Crippen molar-refractivity contribution in [2.24, 2.45) is 5.73 Å². The van der Waals surface area contributed by atoms with Crippen molar-refractivity contribution in [3.8, 4) is 5.75 Å². The fraction of sp³-hybridized carbons (Fsp3) is 0.455. The fourth-order valence-corrected chi connectivity index (χ4v) is 1.80. The van der Waals surface area contributed by atoms with Crippen molar-refractivity contribution in [1.29, 1.82) is 0 Å². The monoisotopic (exact) mass is 269 g/mol. The summed E-state index contributed by atoms with van der Waals surface area (Å²) in [6, 6.07) is -0.318. The molecule has 0 aliphatic heterocycles. The molecule has 7 heteroatoms. The number of benzene rings is 1. The van der Waals surface area contributed by atoms with Gasteiger partial charge in [-0.2, -0.15) is 22.0 Å². The number of aromatic hydroxyl groups is 1. The largest absolute Gasteiger partial charge is 0.508 e. The van der Waals surface area contributed by atoms with Gasteiger partial charge in [-0.05, 0) is 42.7 Å². The van der Waals surface area contributed by atoms with Crippen molar-refractivity contribution in [3.05, 3.63) is 28.8 Å². The van der Waals surface area contributed by atoms with Crippen molar-refractivity contribution in [2.45, 2.75) is 32.0 Å². The third kappa shape index (κ3) is 2.40. The minimum Gasteiger partial charge on any atom is -0.508 e. The third-order valence-corrected chi connectivity index (χ3v) is 2.66. The first-order chi connectivity index (χ1) is 7.98. The van der Waals surface area contributed by atoms with Crippen molar-refractivity contribution < 1.29 is 27.1 Å². The number of halogens is 5. The van der Waals surface area contributed by atoms with Gasteiger partial charge in [-0.15, -0.1) is 0 Å². The predicted octanol–water partition coefficient (Wildman–Crippen LogP) is 3.21. The Labute approximate surface area is 100 Å². The molecule has 1 aromatic rings. The van der Waals surface area contributed by atoms with Gasteiger partial charge in [0.2, 0.25) is 0 Å². The topological polar surface area (TPSA) is 46.2 Å². The first kappa shape index (κ1) is 14.7. The Morgan fingerprint density at radius 1 is 1.06 bits per heavy atom. The van der Waals surface area contributed by atoms with E-state index in [0.717, 1.165) is 12.1 Å². The van der Waals surface area contributed by atoms with Crippen LogP contribution < -0.4 is 5.73 Å². The van der Waals surface area contributed by atoms with Gasteiger partial charge < -0.3 is 10.8 Å². The van der Waals surface area contributed by atoms with E-state index in [1.165, 1.54) is 13.8 Å². The number of phenols is 1. The van der Waals surface area contributed by atoms with Gasteiger partial charge in [0.25, 0.3) is 0 Å².